The second-order valence-corrected chi connectivity index (χ2v) is 9.32. The number of benzene rings is 1. The Bertz CT molecular complexity index is 1640. The number of fused-ring (bicyclic) bond motifs is 1. The first-order valence-electron chi connectivity index (χ1n) is 12.7. The van der Waals surface area contributed by atoms with Crippen molar-refractivity contribution in [2.24, 2.45) is 0 Å². The normalized spacial score (nSPS) is 16.6. The number of H-pyrrole nitrogens is 1. The van der Waals surface area contributed by atoms with E-state index in [9.17, 15) is 9.18 Å². The molecule has 4 heterocycles. The molecule has 1 aliphatic carbocycles. The molecule has 11 heteroatoms. The van der Waals surface area contributed by atoms with Gasteiger partial charge in [0, 0.05) is 23.4 Å². The highest BCUT2D eigenvalue weighted by atomic mass is 19.1. The van der Waals surface area contributed by atoms with E-state index < -0.39 is 0 Å². The molecule has 1 aliphatic rings. The summed E-state index contributed by atoms with van der Waals surface area (Å²) in [7, 11) is 1.55. The highest BCUT2D eigenvalue weighted by Gasteiger charge is 2.36. The zero-order chi connectivity index (χ0) is 26.9. The first-order chi connectivity index (χ1) is 19.0. The number of aromatic nitrogens is 6. The lowest BCUT2D eigenvalue weighted by Crippen LogP contribution is -2.44. The van der Waals surface area contributed by atoms with Crippen LogP contribution in [-0.2, 0) is 0 Å². The maximum absolute atomic E-state index is 15.0. The molecule has 10 nitrogen and oxygen atoms in total. The summed E-state index contributed by atoms with van der Waals surface area (Å²) in [6.07, 6.45) is 4.54. The molecule has 2 N–H and O–H groups in total. The van der Waals surface area contributed by atoms with Gasteiger partial charge in [0.1, 0.15) is 28.8 Å². The van der Waals surface area contributed by atoms with Gasteiger partial charge in [-0.05, 0) is 50.1 Å². The Morgan fingerprint density at radius 1 is 1.13 bits per heavy atom. The van der Waals surface area contributed by atoms with Crippen LogP contribution in [0.15, 0.2) is 60.9 Å². The minimum absolute atomic E-state index is 0.0185. The number of carbonyl (C=O) groups is 1. The minimum atomic E-state index is -0.389. The summed E-state index contributed by atoms with van der Waals surface area (Å²) in [5.74, 6) is 1.57. The molecular formula is C28H26FN7O3. The second kappa shape index (κ2) is 10.2. The van der Waals surface area contributed by atoms with Crippen LogP contribution in [0.1, 0.15) is 42.0 Å². The Kier molecular flexibility index (Phi) is 6.39. The number of hydrogen-bond donors (Lipinski definition) is 2. The molecule has 0 bridgehead atoms. The summed E-state index contributed by atoms with van der Waals surface area (Å²) in [6, 6.07) is 13.6. The van der Waals surface area contributed by atoms with Gasteiger partial charge in [-0.1, -0.05) is 12.1 Å². The fourth-order valence-electron chi connectivity index (χ4n) is 4.82. The predicted molar refractivity (Wildman–Crippen MR) is 142 cm³/mol. The van der Waals surface area contributed by atoms with Gasteiger partial charge in [0.15, 0.2) is 5.82 Å². The van der Waals surface area contributed by atoms with Gasteiger partial charge in [0.05, 0.1) is 37.3 Å². The number of nitrogens with zero attached hydrogens (tertiary/aromatic N) is 5. The number of methoxy groups -OCH3 is 1. The predicted octanol–water partition coefficient (Wildman–Crippen LogP) is 4.43. The van der Waals surface area contributed by atoms with Crippen LogP contribution in [0.2, 0.25) is 0 Å². The molecule has 4 aromatic heterocycles. The van der Waals surface area contributed by atoms with Crippen molar-refractivity contribution in [3.8, 4) is 28.8 Å². The van der Waals surface area contributed by atoms with Crippen molar-refractivity contribution in [3.05, 3.63) is 78.3 Å². The maximum Gasteiger partial charge on any atom is 0.267 e. The molecule has 198 valence electrons. The lowest BCUT2D eigenvalue weighted by atomic mass is 9.79. The van der Waals surface area contributed by atoms with E-state index in [4.69, 9.17) is 9.47 Å². The second-order valence-electron chi connectivity index (χ2n) is 9.32. The molecule has 0 radical (unpaired) electrons. The van der Waals surface area contributed by atoms with Gasteiger partial charge < -0.3 is 19.8 Å². The van der Waals surface area contributed by atoms with Gasteiger partial charge >= 0.3 is 0 Å². The zero-order valence-electron chi connectivity index (χ0n) is 21.4. The quantitative estimate of drug-likeness (QED) is 0.306. The average molecular weight is 528 g/mol. The van der Waals surface area contributed by atoms with Gasteiger partial charge in [-0.15, -0.1) is 10.2 Å². The minimum Gasteiger partial charge on any atom is -0.492 e. The SMILES string of the molecule is CCOc1ccc(-c2nnc([C@H]3C[C@H](NC(=O)c4cc5cc(OC)ncc5[nH]4)C3)n2-c2ccccc2F)nc1. The molecule has 1 amide bonds. The number of hydrogen-bond acceptors (Lipinski definition) is 7. The summed E-state index contributed by atoms with van der Waals surface area (Å²) in [5, 5.41) is 12.7. The third-order valence-electron chi connectivity index (χ3n) is 6.83. The third-order valence-corrected chi connectivity index (χ3v) is 6.83. The van der Waals surface area contributed by atoms with Crippen LogP contribution in [-0.4, -0.2) is 55.4 Å². The van der Waals surface area contributed by atoms with Crippen molar-refractivity contribution < 1.29 is 18.7 Å². The van der Waals surface area contributed by atoms with Gasteiger partial charge in [-0.2, -0.15) is 0 Å². The van der Waals surface area contributed by atoms with Crippen molar-refractivity contribution in [1.29, 1.82) is 0 Å². The molecule has 0 unspecified atom stereocenters. The lowest BCUT2D eigenvalue weighted by Gasteiger charge is -2.35. The number of halogens is 1. The average Bonchev–Trinajstić information content (AvgIpc) is 3.55. The van der Waals surface area contributed by atoms with Crippen LogP contribution in [0.25, 0.3) is 28.1 Å². The molecule has 1 fully saturated rings. The number of amides is 1. The molecule has 0 spiro atoms. The Labute approximate surface area is 223 Å². The van der Waals surface area contributed by atoms with Crippen LogP contribution in [0.4, 0.5) is 4.39 Å². The van der Waals surface area contributed by atoms with Crippen molar-refractivity contribution in [3.63, 3.8) is 0 Å². The third kappa shape index (κ3) is 4.67. The topological polar surface area (TPSA) is 120 Å². The lowest BCUT2D eigenvalue weighted by molar-refractivity contribution is 0.0903. The monoisotopic (exact) mass is 527 g/mol. The number of rotatable bonds is 8. The first kappa shape index (κ1) is 24.5. The summed E-state index contributed by atoms with van der Waals surface area (Å²) in [5.41, 5.74) is 2.09. The largest absolute Gasteiger partial charge is 0.492 e. The van der Waals surface area contributed by atoms with Gasteiger partial charge in [0.25, 0.3) is 5.91 Å². The Balaban J connectivity index is 1.22. The maximum atomic E-state index is 15.0. The Morgan fingerprint density at radius 2 is 1.97 bits per heavy atom. The van der Waals surface area contributed by atoms with Crippen LogP contribution < -0.4 is 14.8 Å². The number of para-hydroxylation sites is 1. The van der Waals surface area contributed by atoms with Crippen LogP contribution in [0, 0.1) is 5.82 Å². The molecular weight excluding hydrogens is 501 g/mol. The molecule has 0 atom stereocenters. The fourth-order valence-corrected chi connectivity index (χ4v) is 4.82. The molecule has 1 aromatic carbocycles. The number of carbonyl (C=O) groups excluding carboxylic acids is 1. The van der Waals surface area contributed by atoms with Crippen LogP contribution >= 0.6 is 0 Å². The van der Waals surface area contributed by atoms with Crippen molar-refractivity contribution in [2.75, 3.05) is 13.7 Å². The van der Waals surface area contributed by atoms with Crippen LogP contribution in [0.5, 0.6) is 11.6 Å². The number of pyridine rings is 2. The summed E-state index contributed by atoms with van der Waals surface area (Å²) < 4.78 is 27.3. The molecule has 6 rings (SSSR count). The zero-order valence-corrected chi connectivity index (χ0v) is 21.4. The standard InChI is InChI=1S/C28H26FN7O3/c1-3-39-19-8-9-21(30-14-19)27-35-34-26(36(27)24-7-5-4-6-20(24)29)17-10-18(11-17)32-28(37)22-12-16-13-25(38-2)31-15-23(16)33-22/h4-9,12-15,17-18,33H,3,10-11H2,1-2H3,(H,32,37)/t17-,18-. The smallest absolute Gasteiger partial charge is 0.267 e. The number of aromatic amines is 1. The number of nitrogens with one attached hydrogen (secondary N) is 2. The van der Waals surface area contributed by atoms with E-state index in [0.29, 0.717) is 59.8 Å². The van der Waals surface area contributed by atoms with E-state index in [1.54, 1.807) is 66.5 Å². The Hall–Kier alpha value is -4.80. The van der Waals surface area contributed by atoms with E-state index in [2.05, 4.69) is 30.5 Å². The molecule has 39 heavy (non-hydrogen) atoms. The molecule has 0 aliphatic heterocycles. The van der Waals surface area contributed by atoms with Crippen molar-refractivity contribution in [2.45, 2.75) is 31.7 Å². The molecule has 5 aromatic rings. The van der Waals surface area contributed by atoms with Gasteiger partial charge in [-0.25, -0.2) is 14.4 Å². The van der Waals surface area contributed by atoms with Crippen molar-refractivity contribution in [1.82, 2.24) is 35.0 Å². The summed E-state index contributed by atoms with van der Waals surface area (Å²) in [6.45, 7) is 2.43. The summed E-state index contributed by atoms with van der Waals surface area (Å²) in [4.78, 5) is 24.7. The highest BCUT2D eigenvalue weighted by Crippen LogP contribution is 2.39. The van der Waals surface area contributed by atoms with Crippen molar-refractivity contribution >= 4 is 16.8 Å². The van der Waals surface area contributed by atoms with Gasteiger partial charge in [-0.3, -0.25) is 9.36 Å². The fraction of sp³-hybridized carbons (Fsp3) is 0.250. The first-order valence-corrected chi connectivity index (χ1v) is 12.7. The van der Waals surface area contributed by atoms with E-state index in [0.717, 1.165) is 10.9 Å². The Morgan fingerprint density at radius 3 is 2.72 bits per heavy atom. The van der Waals surface area contributed by atoms with Crippen LogP contribution in [0.3, 0.4) is 0 Å². The molecule has 0 saturated heterocycles. The summed E-state index contributed by atoms with van der Waals surface area (Å²) >= 11 is 0. The van der Waals surface area contributed by atoms with E-state index >= 15 is 0 Å². The van der Waals surface area contributed by atoms with Gasteiger partial charge in [0.2, 0.25) is 5.88 Å². The highest BCUT2D eigenvalue weighted by molar-refractivity contribution is 5.98. The van der Waals surface area contributed by atoms with E-state index in [-0.39, 0.29) is 23.7 Å². The van der Waals surface area contributed by atoms with E-state index in [1.807, 2.05) is 6.92 Å². The molecule has 1 saturated carbocycles. The number of ether oxygens (including phenoxy) is 2. The van der Waals surface area contributed by atoms with E-state index in [1.165, 1.54) is 6.07 Å².